The molecule has 4 nitrogen and oxygen atoms in total. The number of carbonyl (C=O) groups excluding carboxylic acids is 1. The monoisotopic (exact) mass is 243 g/mol. The smallest absolute Gasteiger partial charge is 0.224 e. The number of amides is 1. The first-order valence-corrected chi connectivity index (χ1v) is 6.55. The van der Waals surface area contributed by atoms with Gasteiger partial charge in [0.25, 0.3) is 0 Å². The third-order valence-corrected chi connectivity index (χ3v) is 3.84. The molecule has 0 saturated carbocycles. The molecule has 0 aromatic heterocycles. The van der Waals surface area contributed by atoms with Gasteiger partial charge in [-0.1, -0.05) is 25.6 Å². The minimum Gasteiger partial charge on any atom is -0.369 e. The summed E-state index contributed by atoms with van der Waals surface area (Å²) in [6, 6.07) is 0.487. The van der Waals surface area contributed by atoms with Crippen LogP contribution in [0.4, 0.5) is 0 Å². The van der Waals surface area contributed by atoms with Crippen molar-refractivity contribution in [3.8, 4) is 0 Å². The molecule has 1 saturated heterocycles. The number of rotatable bonds is 4. The normalized spacial score (nSPS) is 23.8. The summed E-state index contributed by atoms with van der Waals surface area (Å²) in [6.45, 7) is 8.46. The predicted molar refractivity (Wildman–Crippen MR) is 69.5 cm³/mol. The van der Waals surface area contributed by atoms with Crippen LogP contribution in [-0.4, -0.2) is 29.4 Å². The first kappa shape index (κ1) is 13.4. The molecule has 1 amide bonds. The Labute approximate surface area is 101 Å². The van der Waals surface area contributed by atoms with Gasteiger partial charge in [-0.05, 0) is 19.8 Å². The van der Waals surface area contributed by atoms with Crippen molar-refractivity contribution in [2.75, 3.05) is 12.3 Å². The van der Waals surface area contributed by atoms with Crippen molar-refractivity contribution >= 4 is 22.8 Å². The van der Waals surface area contributed by atoms with Crippen LogP contribution in [0.25, 0.3) is 0 Å². The third-order valence-electron chi connectivity index (χ3n) is 2.80. The summed E-state index contributed by atoms with van der Waals surface area (Å²) in [5, 5.41) is 4.30. The van der Waals surface area contributed by atoms with Gasteiger partial charge in [0.05, 0.1) is 12.0 Å². The lowest BCUT2D eigenvalue weighted by atomic mass is 9.93. The number of primary amides is 1. The SMILES string of the molecule is CC(C)C1CSC(=NCC(C)(C)C(N)=O)N1. The molecule has 1 aliphatic rings. The standard InChI is InChI=1S/C11H21N3OS/c1-7(2)8-5-16-10(14-8)13-6-11(3,4)9(12)15/h7-8H,5-6H2,1-4H3,(H2,12,15)(H,13,14). The number of aliphatic imine (C=N–C) groups is 1. The summed E-state index contributed by atoms with van der Waals surface area (Å²) in [7, 11) is 0. The van der Waals surface area contributed by atoms with Gasteiger partial charge in [0.2, 0.25) is 5.91 Å². The summed E-state index contributed by atoms with van der Waals surface area (Å²) >= 11 is 1.72. The molecule has 0 aromatic carbocycles. The Balaban J connectivity index is 2.52. The quantitative estimate of drug-likeness (QED) is 0.780. The average molecular weight is 243 g/mol. The van der Waals surface area contributed by atoms with Crippen LogP contribution in [0.2, 0.25) is 0 Å². The van der Waals surface area contributed by atoms with E-state index in [2.05, 4.69) is 24.2 Å². The van der Waals surface area contributed by atoms with Gasteiger partial charge in [-0.2, -0.15) is 0 Å². The van der Waals surface area contributed by atoms with E-state index in [1.165, 1.54) is 0 Å². The second-order valence-electron chi connectivity index (χ2n) is 5.18. The highest BCUT2D eigenvalue weighted by atomic mass is 32.2. The fourth-order valence-corrected chi connectivity index (χ4v) is 2.40. The molecule has 1 aliphatic heterocycles. The number of amidine groups is 1. The summed E-state index contributed by atoms with van der Waals surface area (Å²) in [4.78, 5) is 15.5. The van der Waals surface area contributed by atoms with E-state index in [-0.39, 0.29) is 5.91 Å². The maximum absolute atomic E-state index is 11.1. The molecule has 0 spiro atoms. The molecule has 0 aliphatic carbocycles. The van der Waals surface area contributed by atoms with Gasteiger partial charge in [-0.3, -0.25) is 9.79 Å². The Hall–Kier alpha value is -0.710. The molecule has 5 heteroatoms. The van der Waals surface area contributed by atoms with Crippen molar-refractivity contribution in [2.45, 2.75) is 33.7 Å². The number of nitrogens with two attached hydrogens (primary N) is 1. The van der Waals surface area contributed by atoms with Crippen LogP contribution in [0.15, 0.2) is 4.99 Å². The molecular weight excluding hydrogens is 222 g/mol. The highest BCUT2D eigenvalue weighted by molar-refractivity contribution is 8.14. The fraction of sp³-hybridized carbons (Fsp3) is 0.818. The predicted octanol–water partition coefficient (Wildman–Crippen LogP) is 1.21. The van der Waals surface area contributed by atoms with Crippen LogP contribution in [0, 0.1) is 11.3 Å². The fourth-order valence-electron chi connectivity index (χ4n) is 1.21. The summed E-state index contributed by atoms with van der Waals surface area (Å²) in [5.41, 5.74) is 4.73. The zero-order chi connectivity index (χ0) is 12.3. The van der Waals surface area contributed by atoms with Crippen molar-refractivity contribution < 1.29 is 4.79 Å². The molecule has 16 heavy (non-hydrogen) atoms. The molecule has 1 atom stereocenters. The van der Waals surface area contributed by atoms with Crippen molar-refractivity contribution in [1.29, 1.82) is 0 Å². The van der Waals surface area contributed by atoms with E-state index in [1.807, 2.05) is 13.8 Å². The van der Waals surface area contributed by atoms with Crippen LogP contribution in [0.1, 0.15) is 27.7 Å². The maximum atomic E-state index is 11.1. The molecule has 92 valence electrons. The topological polar surface area (TPSA) is 67.5 Å². The van der Waals surface area contributed by atoms with E-state index in [0.717, 1.165) is 10.9 Å². The van der Waals surface area contributed by atoms with E-state index < -0.39 is 5.41 Å². The zero-order valence-corrected chi connectivity index (χ0v) is 11.2. The van der Waals surface area contributed by atoms with Crippen LogP contribution >= 0.6 is 11.8 Å². The molecule has 1 heterocycles. The number of thioether (sulfide) groups is 1. The van der Waals surface area contributed by atoms with Crippen molar-refractivity contribution in [2.24, 2.45) is 22.1 Å². The number of nitrogens with zero attached hydrogens (tertiary/aromatic N) is 1. The Morgan fingerprint density at radius 3 is 2.75 bits per heavy atom. The molecule has 3 N–H and O–H groups in total. The van der Waals surface area contributed by atoms with E-state index in [1.54, 1.807) is 11.8 Å². The Morgan fingerprint density at radius 1 is 1.69 bits per heavy atom. The van der Waals surface area contributed by atoms with Crippen LogP contribution < -0.4 is 11.1 Å². The van der Waals surface area contributed by atoms with Gasteiger partial charge in [0.15, 0.2) is 5.17 Å². The lowest BCUT2D eigenvalue weighted by molar-refractivity contribution is -0.125. The Bertz CT molecular complexity index is 300. The average Bonchev–Trinajstić information content (AvgIpc) is 2.63. The van der Waals surface area contributed by atoms with Gasteiger partial charge in [0, 0.05) is 11.8 Å². The second kappa shape index (κ2) is 5.08. The molecule has 0 bridgehead atoms. The maximum Gasteiger partial charge on any atom is 0.224 e. The highest BCUT2D eigenvalue weighted by Gasteiger charge is 2.27. The summed E-state index contributed by atoms with van der Waals surface area (Å²) in [5.74, 6) is 1.35. The minimum absolute atomic E-state index is 0.305. The molecule has 1 rings (SSSR count). The molecule has 1 unspecified atom stereocenters. The molecule has 0 radical (unpaired) electrons. The van der Waals surface area contributed by atoms with Crippen molar-refractivity contribution in [3.05, 3.63) is 0 Å². The van der Waals surface area contributed by atoms with Crippen LogP contribution in [-0.2, 0) is 4.79 Å². The molecule has 1 fully saturated rings. The largest absolute Gasteiger partial charge is 0.369 e. The number of hydrogen-bond donors (Lipinski definition) is 2. The Morgan fingerprint density at radius 2 is 2.31 bits per heavy atom. The van der Waals surface area contributed by atoms with Gasteiger partial charge >= 0.3 is 0 Å². The lowest BCUT2D eigenvalue weighted by Gasteiger charge is -2.18. The van der Waals surface area contributed by atoms with Gasteiger partial charge < -0.3 is 11.1 Å². The first-order valence-electron chi connectivity index (χ1n) is 5.56. The zero-order valence-electron chi connectivity index (χ0n) is 10.4. The van der Waals surface area contributed by atoms with E-state index in [0.29, 0.717) is 18.5 Å². The van der Waals surface area contributed by atoms with E-state index in [4.69, 9.17) is 5.73 Å². The van der Waals surface area contributed by atoms with E-state index in [9.17, 15) is 4.79 Å². The lowest BCUT2D eigenvalue weighted by Crippen LogP contribution is -2.35. The molecule has 0 aromatic rings. The third kappa shape index (κ3) is 3.40. The molecular formula is C11H21N3OS. The van der Waals surface area contributed by atoms with Gasteiger partial charge in [-0.15, -0.1) is 0 Å². The van der Waals surface area contributed by atoms with Crippen LogP contribution in [0.5, 0.6) is 0 Å². The number of carbonyl (C=O) groups is 1. The van der Waals surface area contributed by atoms with Crippen LogP contribution in [0.3, 0.4) is 0 Å². The van der Waals surface area contributed by atoms with Gasteiger partial charge in [-0.25, -0.2) is 0 Å². The van der Waals surface area contributed by atoms with Crippen molar-refractivity contribution in [1.82, 2.24) is 5.32 Å². The second-order valence-corrected chi connectivity index (χ2v) is 6.18. The van der Waals surface area contributed by atoms with E-state index >= 15 is 0 Å². The Kier molecular flexibility index (Phi) is 4.24. The highest BCUT2D eigenvalue weighted by Crippen LogP contribution is 2.21. The first-order chi connectivity index (χ1) is 7.33. The van der Waals surface area contributed by atoms with Gasteiger partial charge in [0.1, 0.15) is 0 Å². The number of nitrogens with one attached hydrogen (secondary N) is 1. The minimum atomic E-state index is -0.564. The van der Waals surface area contributed by atoms with Crippen molar-refractivity contribution in [3.63, 3.8) is 0 Å². The number of hydrogen-bond acceptors (Lipinski definition) is 3. The summed E-state index contributed by atoms with van der Waals surface area (Å²) < 4.78 is 0. The summed E-state index contributed by atoms with van der Waals surface area (Å²) in [6.07, 6.45) is 0.